The van der Waals surface area contributed by atoms with Gasteiger partial charge in [0.1, 0.15) is 0 Å². The summed E-state index contributed by atoms with van der Waals surface area (Å²) in [5.41, 5.74) is 1.24. The van der Waals surface area contributed by atoms with Gasteiger partial charge in [-0.25, -0.2) is 0 Å². The molecule has 0 aliphatic rings. The molecule has 0 aliphatic carbocycles. The molecule has 0 saturated carbocycles. The van der Waals surface area contributed by atoms with Crippen LogP contribution in [0.1, 0.15) is 12.0 Å². The van der Waals surface area contributed by atoms with Crippen LogP contribution in [0.3, 0.4) is 0 Å². The molecule has 0 saturated heterocycles. The molecule has 0 unspecified atom stereocenters. The van der Waals surface area contributed by atoms with E-state index in [9.17, 15) is 4.79 Å². The zero-order chi connectivity index (χ0) is 14.2. The normalized spacial score (nSPS) is 10.4. The molecule has 2 nitrogen and oxygen atoms in total. The van der Waals surface area contributed by atoms with E-state index in [2.05, 4.69) is 16.8 Å². The van der Waals surface area contributed by atoms with E-state index in [1.807, 2.05) is 29.6 Å². The number of rotatable bonds is 7. The van der Waals surface area contributed by atoms with Crippen LogP contribution >= 0.6 is 34.7 Å². The maximum atomic E-state index is 11.7. The van der Waals surface area contributed by atoms with Crippen LogP contribution in [0.4, 0.5) is 0 Å². The van der Waals surface area contributed by atoms with Crippen LogP contribution in [0, 0.1) is 0 Å². The van der Waals surface area contributed by atoms with Gasteiger partial charge in [-0.3, -0.25) is 4.79 Å². The molecular formula is C15H16ClNOS2. The summed E-state index contributed by atoms with van der Waals surface area (Å²) in [7, 11) is 0. The predicted octanol–water partition coefficient (Wildman–Crippen LogP) is 4.24. The standard InChI is InChI=1S/C15H16ClNOS2/c16-13-2-4-14(5-3-13)20-10-8-17-15(18)6-1-12-7-9-19-11-12/h2-5,7,9,11H,1,6,8,10H2,(H,17,18). The zero-order valence-electron chi connectivity index (χ0n) is 11.0. The summed E-state index contributed by atoms with van der Waals surface area (Å²) in [6.45, 7) is 0.690. The number of aryl methyl sites for hydroxylation is 1. The Morgan fingerprint density at radius 3 is 2.75 bits per heavy atom. The molecule has 1 N–H and O–H groups in total. The largest absolute Gasteiger partial charge is 0.355 e. The number of carbonyl (C=O) groups excluding carboxylic acids is 1. The van der Waals surface area contributed by atoms with Crippen LogP contribution in [0.15, 0.2) is 46.0 Å². The summed E-state index contributed by atoms with van der Waals surface area (Å²) in [6.07, 6.45) is 1.38. The summed E-state index contributed by atoms with van der Waals surface area (Å²) in [4.78, 5) is 12.8. The van der Waals surface area contributed by atoms with E-state index in [0.717, 1.165) is 17.2 Å². The van der Waals surface area contributed by atoms with Crippen LogP contribution in [-0.2, 0) is 11.2 Å². The van der Waals surface area contributed by atoms with Crippen molar-refractivity contribution in [3.05, 3.63) is 51.7 Å². The van der Waals surface area contributed by atoms with Crippen molar-refractivity contribution in [1.82, 2.24) is 5.32 Å². The van der Waals surface area contributed by atoms with Gasteiger partial charge in [-0.2, -0.15) is 11.3 Å². The topological polar surface area (TPSA) is 29.1 Å². The summed E-state index contributed by atoms with van der Waals surface area (Å²) in [5.74, 6) is 0.985. The van der Waals surface area contributed by atoms with E-state index in [0.29, 0.717) is 13.0 Å². The molecule has 1 heterocycles. The number of hydrogen-bond acceptors (Lipinski definition) is 3. The molecule has 1 amide bonds. The Hall–Kier alpha value is -0.970. The molecule has 1 aromatic carbocycles. The minimum Gasteiger partial charge on any atom is -0.355 e. The molecule has 0 bridgehead atoms. The number of benzene rings is 1. The first-order valence-electron chi connectivity index (χ1n) is 6.40. The van der Waals surface area contributed by atoms with E-state index < -0.39 is 0 Å². The third-order valence-corrected chi connectivity index (χ3v) is 4.73. The number of carbonyl (C=O) groups is 1. The Morgan fingerprint density at radius 1 is 1.25 bits per heavy atom. The quantitative estimate of drug-likeness (QED) is 0.609. The Bertz CT molecular complexity index is 525. The molecule has 2 aromatic rings. The van der Waals surface area contributed by atoms with Crippen molar-refractivity contribution < 1.29 is 4.79 Å². The fourth-order valence-electron chi connectivity index (χ4n) is 1.67. The van der Waals surface area contributed by atoms with Crippen molar-refractivity contribution in [2.45, 2.75) is 17.7 Å². The number of thioether (sulfide) groups is 1. The monoisotopic (exact) mass is 325 g/mol. The van der Waals surface area contributed by atoms with E-state index in [4.69, 9.17) is 11.6 Å². The first-order valence-corrected chi connectivity index (χ1v) is 8.71. The molecule has 20 heavy (non-hydrogen) atoms. The molecule has 0 atom stereocenters. The number of halogens is 1. The average Bonchev–Trinajstić information content (AvgIpc) is 2.96. The second kappa shape index (κ2) is 8.35. The lowest BCUT2D eigenvalue weighted by atomic mass is 10.2. The van der Waals surface area contributed by atoms with Crippen molar-refractivity contribution in [1.29, 1.82) is 0 Å². The highest BCUT2D eigenvalue weighted by molar-refractivity contribution is 7.99. The highest BCUT2D eigenvalue weighted by Gasteiger charge is 2.02. The van der Waals surface area contributed by atoms with Gasteiger partial charge in [0.2, 0.25) is 5.91 Å². The van der Waals surface area contributed by atoms with E-state index in [1.165, 1.54) is 10.5 Å². The van der Waals surface area contributed by atoms with Gasteiger partial charge in [0.05, 0.1) is 0 Å². The number of thiophene rings is 1. The fraction of sp³-hybridized carbons (Fsp3) is 0.267. The van der Waals surface area contributed by atoms with Gasteiger partial charge in [-0.15, -0.1) is 11.8 Å². The molecule has 0 spiro atoms. The first kappa shape index (κ1) is 15.4. The van der Waals surface area contributed by atoms with Gasteiger partial charge in [-0.1, -0.05) is 11.6 Å². The molecule has 2 rings (SSSR count). The molecule has 5 heteroatoms. The van der Waals surface area contributed by atoms with Gasteiger partial charge in [-0.05, 0) is 53.1 Å². The zero-order valence-corrected chi connectivity index (χ0v) is 13.4. The number of nitrogens with one attached hydrogen (secondary N) is 1. The minimum absolute atomic E-state index is 0.118. The lowest BCUT2D eigenvalue weighted by Crippen LogP contribution is -2.25. The van der Waals surface area contributed by atoms with Crippen LogP contribution in [0.2, 0.25) is 5.02 Å². The smallest absolute Gasteiger partial charge is 0.220 e. The second-order valence-electron chi connectivity index (χ2n) is 4.28. The summed E-state index contributed by atoms with van der Waals surface area (Å²) in [5, 5.41) is 7.82. The van der Waals surface area contributed by atoms with Crippen LogP contribution < -0.4 is 5.32 Å². The summed E-state index contributed by atoms with van der Waals surface area (Å²) in [6, 6.07) is 9.80. The fourth-order valence-corrected chi connectivity index (χ4v) is 3.27. The molecule has 0 fully saturated rings. The third kappa shape index (κ3) is 5.57. The Labute approximate surface area is 132 Å². The maximum Gasteiger partial charge on any atom is 0.220 e. The SMILES string of the molecule is O=C(CCc1ccsc1)NCCSc1ccc(Cl)cc1. The minimum atomic E-state index is 0.118. The highest BCUT2D eigenvalue weighted by atomic mass is 35.5. The van der Waals surface area contributed by atoms with E-state index in [1.54, 1.807) is 23.1 Å². The van der Waals surface area contributed by atoms with Gasteiger partial charge in [0, 0.05) is 28.6 Å². The van der Waals surface area contributed by atoms with Crippen LogP contribution in [0.25, 0.3) is 0 Å². The van der Waals surface area contributed by atoms with Crippen LogP contribution in [-0.4, -0.2) is 18.2 Å². The van der Waals surface area contributed by atoms with Gasteiger partial charge >= 0.3 is 0 Å². The van der Waals surface area contributed by atoms with Crippen molar-refractivity contribution in [2.24, 2.45) is 0 Å². The maximum absolute atomic E-state index is 11.7. The van der Waals surface area contributed by atoms with Crippen molar-refractivity contribution in [3.8, 4) is 0 Å². The lowest BCUT2D eigenvalue weighted by molar-refractivity contribution is -0.120. The Morgan fingerprint density at radius 2 is 2.05 bits per heavy atom. The summed E-state index contributed by atoms with van der Waals surface area (Å²) < 4.78 is 0. The number of hydrogen-bond donors (Lipinski definition) is 1. The highest BCUT2D eigenvalue weighted by Crippen LogP contribution is 2.19. The third-order valence-electron chi connectivity index (χ3n) is 2.73. The molecule has 0 aliphatic heterocycles. The Kier molecular flexibility index (Phi) is 6.43. The lowest BCUT2D eigenvalue weighted by Gasteiger charge is -2.05. The van der Waals surface area contributed by atoms with Crippen molar-refractivity contribution in [2.75, 3.05) is 12.3 Å². The van der Waals surface area contributed by atoms with Crippen LogP contribution in [0.5, 0.6) is 0 Å². The molecular weight excluding hydrogens is 310 g/mol. The second-order valence-corrected chi connectivity index (χ2v) is 6.67. The van der Waals surface area contributed by atoms with E-state index >= 15 is 0 Å². The first-order chi connectivity index (χ1) is 9.74. The van der Waals surface area contributed by atoms with Gasteiger partial charge in [0.15, 0.2) is 0 Å². The molecule has 106 valence electrons. The van der Waals surface area contributed by atoms with Crippen molar-refractivity contribution in [3.63, 3.8) is 0 Å². The van der Waals surface area contributed by atoms with Gasteiger partial charge < -0.3 is 5.32 Å². The number of amides is 1. The van der Waals surface area contributed by atoms with E-state index in [-0.39, 0.29) is 5.91 Å². The van der Waals surface area contributed by atoms with Crippen molar-refractivity contribution >= 4 is 40.6 Å². The van der Waals surface area contributed by atoms with Gasteiger partial charge in [0.25, 0.3) is 0 Å². The predicted molar refractivity (Wildman–Crippen MR) is 87.8 cm³/mol. The summed E-state index contributed by atoms with van der Waals surface area (Å²) >= 11 is 9.21. The molecule has 0 radical (unpaired) electrons. The Balaban J connectivity index is 1.58. The average molecular weight is 326 g/mol. The molecule has 1 aromatic heterocycles.